The Morgan fingerprint density at radius 3 is 1.45 bits per heavy atom. The number of carbonyl (C=O) groups excluding carboxylic acids is 6. The number of alkyl carbamates (subject to hydrolysis) is 3. The van der Waals surface area contributed by atoms with Crippen LogP contribution < -0.4 is 21.3 Å². The number of nitrogens with zero attached hydrogens (tertiary/aromatic N) is 1. The van der Waals surface area contributed by atoms with E-state index in [9.17, 15) is 28.8 Å². The van der Waals surface area contributed by atoms with E-state index in [1.807, 2.05) is 46.8 Å². The van der Waals surface area contributed by atoms with Gasteiger partial charge in [-0.25, -0.2) is 28.8 Å². The molecule has 0 aliphatic rings. The van der Waals surface area contributed by atoms with Gasteiger partial charge in [0.15, 0.2) is 6.10 Å². The molecule has 0 radical (unpaired) electrons. The normalized spacial score (nSPS) is 12.8. The maximum atomic E-state index is 13.3. The van der Waals surface area contributed by atoms with Crippen LogP contribution in [0.4, 0.5) is 19.2 Å². The van der Waals surface area contributed by atoms with E-state index in [1.165, 1.54) is 13.8 Å². The molecule has 65 heavy (non-hydrogen) atoms. The van der Waals surface area contributed by atoms with Gasteiger partial charge < -0.3 is 45.0 Å². The first-order chi connectivity index (χ1) is 30.7. The summed E-state index contributed by atoms with van der Waals surface area (Å²) in [7, 11) is 0. The quantitative estimate of drug-likeness (QED) is 0.0127. The minimum Gasteiger partial charge on any atom is -0.459 e. The van der Waals surface area contributed by atoms with E-state index in [0.29, 0.717) is 50.1 Å². The summed E-state index contributed by atoms with van der Waals surface area (Å²) in [5.41, 5.74) is 1.30. The molecule has 0 saturated heterocycles. The lowest BCUT2D eigenvalue weighted by Crippen LogP contribution is -2.36. The maximum absolute atomic E-state index is 13.3. The Labute approximate surface area is 383 Å². The Hall–Kier alpha value is -6.39. The first-order valence-corrected chi connectivity index (χ1v) is 21.7. The molecule has 3 atom stereocenters. The third-order valence-corrected chi connectivity index (χ3v) is 9.71. The number of ether oxygens (including phenoxy) is 5. The van der Waals surface area contributed by atoms with Gasteiger partial charge in [-0.2, -0.15) is 0 Å². The average Bonchev–Trinajstić information content (AvgIpc) is 3.25. The molecule has 0 aromatic heterocycles. The molecule has 2 rings (SSSR count). The number of hydrogen-bond acceptors (Lipinski definition) is 13. The lowest BCUT2D eigenvalue weighted by atomic mass is 9.82. The molecular formula is C48H69N5O12. The van der Waals surface area contributed by atoms with Crippen molar-refractivity contribution in [3.05, 3.63) is 96.1 Å². The summed E-state index contributed by atoms with van der Waals surface area (Å²) in [5, 5.41) is 15.3. The average molecular weight is 908 g/mol. The van der Waals surface area contributed by atoms with Gasteiger partial charge in [-0.05, 0) is 67.8 Å². The van der Waals surface area contributed by atoms with Crippen molar-refractivity contribution in [2.75, 3.05) is 52.6 Å². The van der Waals surface area contributed by atoms with Crippen molar-refractivity contribution in [1.82, 2.24) is 21.3 Å². The first-order valence-electron chi connectivity index (χ1n) is 21.7. The number of amides is 4. The van der Waals surface area contributed by atoms with Gasteiger partial charge in [0.1, 0.15) is 32.1 Å². The number of esters is 2. The van der Waals surface area contributed by atoms with Crippen LogP contribution in [0.15, 0.2) is 90.1 Å². The highest BCUT2D eigenvalue weighted by Crippen LogP contribution is 2.28. The van der Waals surface area contributed by atoms with E-state index in [1.54, 1.807) is 48.5 Å². The summed E-state index contributed by atoms with van der Waals surface area (Å²) in [6, 6.07) is 18.0. The van der Waals surface area contributed by atoms with Gasteiger partial charge in [0.05, 0.1) is 0 Å². The summed E-state index contributed by atoms with van der Waals surface area (Å²) in [6.07, 6.45) is -1.08. The SMILES string of the molecule is C=C(C)C(=O)OCCOC(=O)NCC(C)(C)CC(C)CCNC(=O)O/N=C(/c1ccccc1)C(OC(=O)NCCC(C)CC(C)(C)CNC(=O)OCCOC(=O)C(=C)C)c1ccccc1. The summed E-state index contributed by atoms with van der Waals surface area (Å²) in [5.74, 6) is -0.787. The van der Waals surface area contributed by atoms with Crippen LogP contribution in [-0.4, -0.2) is 94.6 Å². The van der Waals surface area contributed by atoms with Crippen LogP contribution in [0.3, 0.4) is 0 Å². The molecule has 0 fully saturated rings. The van der Waals surface area contributed by atoms with Gasteiger partial charge >= 0.3 is 36.3 Å². The highest BCUT2D eigenvalue weighted by molar-refractivity contribution is 6.05. The molecule has 0 aliphatic carbocycles. The molecular weight excluding hydrogens is 839 g/mol. The van der Waals surface area contributed by atoms with Crippen LogP contribution in [0.25, 0.3) is 0 Å². The van der Waals surface area contributed by atoms with Crippen LogP contribution in [0.1, 0.15) is 98.3 Å². The fourth-order valence-corrected chi connectivity index (χ4v) is 6.63. The maximum Gasteiger partial charge on any atom is 0.433 e. The van der Waals surface area contributed by atoms with Crippen molar-refractivity contribution < 1.29 is 57.3 Å². The zero-order valence-corrected chi connectivity index (χ0v) is 39.3. The van der Waals surface area contributed by atoms with Crippen molar-refractivity contribution in [2.24, 2.45) is 27.8 Å². The largest absolute Gasteiger partial charge is 0.459 e. The lowest BCUT2D eigenvalue weighted by Gasteiger charge is -2.28. The molecule has 0 bridgehead atoms. The Morgan fingerprint density at radius 2 is 1.00 bits per heavy atom. The number of hydrogen-bond donors (Lipinski definition) is 4. The monoisotopic (exact) mass is 907 g/mol. The number of benzene rings is 2. The predicted molar refractivity (Wildman–Crippen MR) is 246 cm³/mol. The third-order valence-electron chi connectivity index (χ3n) is 9.71. The summed E-state index contributed by atoms with van der Waals surface area (Å²) in [4.78, 5) is 78.9. The fraction of sp³-hybridized carbons (Fsp3) is 0.521. The smallest absolute Gasteiger partial charge is 0.433 e. The second kappa shape index (κ2) is 28.4. The molecule has 0 heterocycles. The van der Waals surface area contributed by atoms with Crippen LogP contribution in [-0.2, 0) is 38.1 Å². The summed E-state index contributed by atoms with van der Waals surface area (Å²) >= 11 is 0. The van der Waals surface area contributed by atoms with Crippen molar-refractivity contribution >= 4 is 42.0 Å². The molecule has 2 aromatic carbocycles. The van der Waals surface area contributed by atoms with E-state index in [4.69, 9.17) is 28.5 Å². The van der Waals surface area contributed by atoms with Gasteiger partial charge in [-0.15, -0.1) is 0 Å². The van der Waals surface area contributed by atoms with E-state index in [0.717, 1.165) is 12.8 Å². The number of oxime groups is 1. The van der Waals surface area contributed by atoms with Crippen molar-refractivity contribution in [3.8, 4) is 0 Å². The molecule has 3 unspecified atom stereocenters. The van der Waals surface area contributed by atoms with Crippen molar-refractivity contribution in [2.45, 2.75) is 87.2 Å². The zero-order valence-electron chi connectivity index (χ0n) is 39.3. The standard InChI is InChI=1S/C48H69N5O12/c1-33(2)41(54)60-25-27-62-43(56)51-31-47(7,8)29-35(5)21-23-49-45(58)64-40(38-19-15-12-16-20-38)39(37-17-13-11-14-18-37)53-65-46(59)50-24-22-36(6)30-48(9,10)32-52-44(57)63-28-26-61-42(55)34(3)4/h11-20,35-36,40H,1,3,21-32H2,2,4-10H3,(H,49,58)(H,50,59)(H,51,56)(H,52,57)/b53-39-. The van der Waals surface area contributed by atoms with Crippen LogP contribution >= 0.6 is 0 Å². The molecule has 17 nitrogen and oxygen atoms in total. The molecule has 4 amide bonds. The van der Waals surface area contributed by atoms with E-state index in [2.05, 4.69) is 46.5 Å². The van der Waals surface area contributed by atoms with Gasteiger partial charge in [0, 0.05) is 42.9 Å². The third kappa shape index (κ3) is 23.8. The molecule has 2 aromatic rings. The highest BCUT2D eigenvalue weighted by Gasteiger charge is 2.27. The van der Waals surface area contributed by atoms with Gasteiger partial charge in [-0.3, -0.25) is 4.84 Å². The lowest BCUT2D eigenvalue weighted by molar-refractivity contribution is -0.140. The molecule has 0 spiro atoms. The summed E-state index contributed by atoms with van der Waals surface area (Å²) < 4.78 is 26.0. The summed E-state index contributed by atoms with van der Waals surface area (Å²) in [6.45, 7) is 23.2. The van der Waals surface area contributed by atoms with Gasteiger partial charge in [0.25, 0.3) is 0 Å². The Balaban J connectivity index is 1.93. The fourth-order valence-electron chi connectivity index (χ4n) is 6.63. The molecule has 0 saturated carbocycles. The molecule has 17 heteroatoms. The van der Waals surface area contributed by atoms with E-state index >= 15 is 0 Å². The predicted octanol–water partition coefficient (Wildman–Crippen LogP) is 8.16. The van der Waals surface area contributed by atoms with E-state index < -0.39 is 42.4 Å². The second-order valence-electron chi connectivity index (χ2n) is 17.6. The minimum atomic E-state index is -1.04. The highest BCUT2D eigenvalue weighted by atomic mass is 16.7. The minimum absolute atomic E-state index is 0.0700. The molecule has 358 valence electrons. The van der Waals surface area contributed by atoms with Crippen LogP contribution in [0, 0.1) is 22.7 Å². The van der Waals surface area contributed by atoms with Crippen molar-refractivity contribution in [1.29, 1.82) is 0 Å². The van der Waals surface area contributed by atoms with E-state index in [-0.39, 0.29) is 66.0 Å². The second-order valence-corrected chi connectivity index (χ2v) is 17.6. The Morgan fingerprint density at radius 1 is 0.585 bits per heavy atom. The number of rotatable bonds is 27. The molecule has 4 N–H and O–H groups in total. The molecule has 0 aliphatic heterocycles. The van der Waals surface area contributed by atoms with Gasteiger partial charge in [0.2, 0.25) is 0 Å². The zero-order chi connectivity index (χ0) is 48.4. The first kappa shape index (κ1) is 54.7. The van der Waals surface area contributed by atoms with Crippen LogP contribution in [0.2, 0.25) is 0 Å². The van der Waals surface area contributed by atoms with Crippen LogP contribution in [0.5, 0.6) is 0 Å². The number of carbonyl (C=O) groups is 6. The Bertz CT molecular complexity index is 1900. The Kier molecular flexibility index (Phi) is 23.9. The van der Waals surface area contributed by atoms with Gasteiger partial charge in [-0.1, -0.05) is 121 Å². The van der Waals surface area contributed by atoms with Crippen molar-refractivity contribution in [3.63, 3.8) is 0 Å². The topological polar surface area (TPSA) is 218 Å². The number of nitrogens with one attached hydrogen (secondary N) is 4.